The Labute approximate surface area is 140 Å². The van der Waals surface area contributed by atoms with Crippen LogP contribution in [0.2, 0.25) is 0 Å². The number of aryl methyl sites for hydroxylation is 1. The molecule has 2 rings (SSSR count). The molecule has 1 aromatic heterocycles. The Kier molecular flexibility index (Phi) is 5.03. The molecule has 0 fully saturated rings. The maximum atomic E-state index is 12.4. The van der Waals surface area contributed by atoms with Gasteiger partial charge < -0.3 is 5.73 Å². The molecule has 0 atom stereocenters. The number of hydrogen-bond donors (Lipinski definition) is 2. The first-order chi connectivity index (χ1) is 9.83. The summed E-state index contributed by atoms with van der Waals surface area (Å²) >= 11 is 6.55. The Morgan fingerprint density at radius 3 is 2.57 bits per heavy atom. The molecular formula is C13H13Br2N3O2S. The van der Waals surface area contributed by atoms with Gasteiger partial charge in [0.1, 0.15) is 10.7 Å². The molecule has 3 N–H and O–H groups in total. The molecule has 0 radical (unpaired) electrons. The minimum absolute atomic E-state index is 0.142. The second kappa shape index (κ2) is 6.43. The molecule has 0 aliphatic rings. The fraction of sp³-hybridized carbons (Fsp3) is 0.154. The van der Waals surface area contributed by atoms with Gasteiger partial charge in [0.15, 0.2) is 0 Å². The number of benzene rings is 1. The predicted octanol–water partition coefficient (Wildman–Crippen LogP) is 3.17. The van der Waals surface area contributed by atoms with Crippen LogP contribution in [0.4, 0.5) is 5.82 Å². The molecule has 0 bridgehead atoms. The Morgan fingerprint density at radius 1 is 1.29 bits per heavy atom. The summed E-state index contributed by atoms with van der Waals surface area (Å²) in [5, 5.41) is 0. The second-order valence-corrected chi connectivity index (χ2v) is 7.81. The number of nitrogens with one attached hydrogen (secondary N) is 1. The number of nitrogens with two attached hydrogens (primary N) is 1. The van der Waals surface area contributed by atoms with E-state index in [-0.39, 0.29) is 4.90 Å². The van der Waals surface area contributed by atoms with E-state index in [9.17, 15) is 8.42 Å². The van der Waals surface area contributed by atoms with Crippen molar-refractivity contribution in [3.63, 3.8) is 0 Å². The molecule has 0 saturated carbocycles. The van der Waals surface area contributed by atoms with Gasteiger partial charge in [0.25, 0.3) is 10.0 Å². The zero-order chi connectivity index (χ0) is 15.6. The molecule has 5 nitrogen and oxygen atoms in total. The molecular weight excluding hydrogens is 422 g/mol. The average Bonchev–Trinajstić information content (AvgIpc) is 2.41. The molecule has 0 spiro atoms. The van der Waals surface area contributed by atoms with Crippen molar-refractivity contribution in [3.05, 3.63) is 50.5 Å². The Morgan fingerprint density at radius 2 is 2.00 bits per heavy atom. The standard InChI is InChI=1S/C13H13Br2N3O2S/c1-8-4-10(14)7-17-13(8)18-21(19,20)12-3-2-9(6-16)5-11(12)15/h2-5,7H,6,16H2,1H3,(H,17,18). The highest BCUT2D eigenvalue weighted by Crippen LogP contribution is 2.26. The number of sulfonamides is 1. The summed E-state index contributed by atoms with van der Waals surface area (Å²) in [5.41, 5.74) is 7.11. The zero-order valence-corrected chi connectivity index (χ0v) is 15.1. The zero-order valence-electron chi connectivity index (χ0n) is 11.1. The number of aromatic nitrogens is 1. The van der Waals surface area contributed by atoms with Crippen molar-refractivity contribution in [2.75, 3.05) is 4.72 Å². The van der Waals surface area contributed by atoms with Gasteiger partial charge in [-0.1, -0.05) is 6.07 Å². The van der Waals surface area contributed by atoms with Gasteiger partial charge in [-0.2, -0.15) is 0 Å². The quantitative estimate of drug-likeness (QED) is 0.773. The maximum Gasteiger partial charge on any atom is 0.264 e. The van der Waals surface area contributed by atoms with Crippen molar-refractivity contribution in [3.8, 4) is 0 Å². The van der Waals surface area contributed by atoms with E-state index in [1.807, 2.05) is 0 Å². The van der Waals surface area contributed by atoms with Gasteiger partial charge in [0, 0.05) is 21.7 Å². The van der Waals surface area contributed by atoms with E-state index in [1.54, 1.807) is 25.1 Å². The van der Waals surface area contributed by atoms with E-state index < -0.39 is 10.0 Å². The molecule has 2 aromatic rings. The van der Waals surface area contributed by atoms with Gasteiger partial charge in [-0.3, -0.25) is 4.72 Å². The number of anilines is 1. The normalized spacial score (nSPS) is 11.4. The lowest BCUT2D eigenvalue weighted by Crippen LogP contribution is -2.15. The van der Waals surface area contributed by atoms with Crippen LogP contribution in [0.25, 0.3) is 0 Å². The first kappa shape index (κ1) is 16.4. The summed E-state index contributed by atoms with van der Waals surface area (Å²) < 4.78 is 28.6. The third-order valence-electron chi connectivity index (χ3n) is 2.80. The van der Waals surface area contributed by atoms with Crippen LogP contribution in [-0.2, 0) is 16.6 Å². The number of halogens is 2. The predicted molar refractivity (Wildman–Crippen MR) is 89.5 cm³/mol. The van der Waals surface area contributed by atoms with Crippen molar-refractivity contribution in [2.24, 2.45) is 5.73 Å². The smallest absolute Gasteiger partial charge is 0.264 e. The Balaban J connectivity index is 2.38. The molecule has 8 heteroatoms. The molecule has 21 heavy (non-hydrogen) atoms. The van der Waals surface area contributed by atoms with E-state index in [0.717, 1.165) is 15.6 Å². The van der Waals surface area contributed by atoms with Crippen LogP contribution >= 0.6 is 31.9 Å². The summed E-state index contributed by atoms with van der Waals surface area (Å²) in [5.74, 6) is 0.299. The van der Waals surface area contributed by atoms with Gasteiger partial charge in [0.2, 0.25) is 0 Å². The highest BCUT2D eigenvalue weighted by Gasteiger charge is 2.19. The number of rotatable bonds is 4. The highest BCUT2D eigenvalue weighted by molar-refractivity contribution is 9.10. The third-order valence-corrected chi connectivity index (χ3v) is 5.55. The van der Waals surface area contributed by atoms with Crippen LogP contribution < -0.4 is 10.5 Å². The minimum Gasteiger partial charge on any atom is -0.326 e. The molecule has 1 heterocycles. The maximum absolute atomic E-state index is 12.4. The van der Waals surface area contributed by atoms with E-state index in [2.05, 4.69) is 41.6 Å². The Bertz CT molecular complexity index is 779. The summed E-state index contributed by atoms with van der Waals surface area (Å²) in [6, 6.07) is 6.68. The SMILES string of the molecule is Cc1cc(Br)cnc1NS(=O)(=O)c1ccc(CN)cc1Br. The van der Waals surface area contributed by atoms with Crippen molar-refractivity contribution in [1.29, 1.82) is 0 Å². The van der Waals surface area contributed by atoms with Gasteiger partial charge in [0.05, 0.1) is 0 Å². The molecule has 1 aromatic carbocycles. The largest absolute Gasteiger partial charge is 0.326 e. The highest BCUT2D eigenvalue weighted by atomic mass is 79.9. The molecule has 112 valence electrons. The van der Waals surface area contributed by atoms with Gasteiger partial charge in [-0.15, -0.1) is 0 Å². The lowest BCUT2D eigenvalue weighted by molar-refractivity contribution is 0.600. The summed E-state index contributed by atoms with van der Waals surface area (Å²) in [4.78, 5) is 4.22. The molecule has 0 amide bonds. The minimum atomic E-state index is -3.72. The van der Waals surface area contributed by atoms with E-state index >= 15 is 0 Å². The topological polar surface area (TPSA) is 85.1 Å². The number of hydrogen-bond acceptors (Lipinski definition) is 4. The fourth-order valence-corrected chi connectivity index (χ4v) is 4.37. The van der Waals surface area contributed by atoms with E-state index in [1.165, 1.54) is 12.3 Å². The van der Waals surface area contributed by atoms with Gasteiger partial charge in [-0.25, -0.2) is 13.4 Å². The monoisotopic (exact) mass is 433 g/mol. The van der Waals surface area contributed by atoms with Crippen LogP contribution in [0.1, 0.15) is 11.1 Å². The number of pyridine rings is 1. The van der Waals surface area contributed by atoms with Crippen molar-refractivity contribution in [2.45, 2.75) is 18.4 Å². The molecule has 0 unspecified atom stereocenters. The molecule has 0 saturated heterocycles. The number of nitrogens with zero attached hydrogens (tertiary/aromatic N) is 1. The summed E-state index contributed by atoms with van der Waals surface area (Å²) in [6.07, 6.45) is 1.54. The van der Waals surface area contributed by atoms with Crippen LogP contribution in [0.3, 0.4) is 0 Å². The lowest BCUT2D eigenvalue weighted by Gasteiger charge is -2.11. The lowest BCUT2D eigenvalue weighted by atomic mass is 10.2. The first-order valence-electron chi connectivity index (χ1n) is 5.97. The van der Waals surface area contributed by atoms with Crippen LogP contribution in [-0.4, -0.2) is 13.4 Å². The van der Waals surface area contributed by atoms with Crippen LogP contribution in [0.15, 0.2) is 44.3 Å². The first-order valence-corrected chi connectivity index (χ1v) is 9.04. The van der Waals surface area contributed by atoms with Gasteiger partial charge >= 0.3 is 0 Å². The van der Waals surface area contributed by atoms with Gasteiger partial charge in [-0.05, 0) is 68.1 Å². The summed E-state index contributed by atoms with van der Waals surface area (Å²) in [6.45, 7) is 2.13. The average molecular weight is 435 g/mol. The Hall–Kier alpha value is -0.960. The van der Waals surface area contributed by atoms with Crippen molar-refractivity contribution >= 4 is 47.7 Å². The molecule has 0 aliphatic heterocycles. The van der Waals surface area contributed by atoms with E-state index in [4.69, 9.17) is 5.73 Å². The second-order valence-electron chi connectivity index (χ2n) is 4.39. The fourth-order valence-electron chi connectivity index (χ4n) is 1.72. The van der Waals surface area contributed by atoms with Crippen molar-refractivity contribution in [1.82, 2.24) is 4.98 Å². The van der Waals surface area contributed by atoms with E-state index in [0.29, 0.717) is 16.8 Å². The van der Waals surface area contributed by atoms with Crippen LogP contribution in [0, 0.1) is 6.92 Å². The van der Waals surface area contributed by atoms with Crippen LogP contribution in [0.5, 0.6) is 0 Å². The summed E-state index contributed by atoms with van der Waals surface area (Å²) in [7, 11) is -3.72. The third kappa shape index (κ3) is 3.82. The van der Waals surface area contributed by atoms with Crippen molar-refractivity contribution < 1.29 is 8.42 Å². The molecule has 0 aliphatic carbocycles.